The van der Waals surface area contributed by atoms with Crippen molar-refractivity contribution in [1.82, 2.24) is 0 Å². The van der Waals surface area contributed by atoms with Gasteiger partial charge in [-0.2, -0.15) is 0 Å². The first kappa shape index (κ1) is 9.80. The van der Waals surface area contributed by atoms with Crippen molar-refractivity contribution in [2.45, 2.75) is 26.1 Å². The fraction of sp³-hybridized carbons (Fsp3) is 0.750. The summed E-state index contributed by atoms with van der Waals surface area (Å²) in [6.45, 7) is 5.10. The number of hydrogen-bond donors (Lipinski definition) is 0. The van der Waals surface area contributed by atoms with Gasteiger partial charge in [0.2, 0.25) is 0 Å². The zero-order valence-corrected chi connectivity index (χ0v) is 8.38. The summed E-state index contributed by atoms with van der Waals surface area (Å²) < 4.78 is 21.7. The van der Waals surface area contributed by atoms with E-state index in [-0.39, 0.29) is 18.1 Å². The summed E-state index contributed by atoms with van der Waals surface area (Å²) >= 11 is 0. The minimum absolute atomic E-state index is 0.105. The Morgan fingerprint density at radius 1 is 1.33 bits per heavy atom. The van der Waals surface area contributed by atoms with Gasteiger partial charge < -0.3 is 9.05 Å². The fourth-order valence-electron chi connectivity index (χ4n) is 1.41. The van der Waals surface area contributed by atoms with Crippen molar-refractivity contribution in [2.75, 3.05) is 6.66 Å². The molecule has 1 rings (SSSR count). The smallest absolute Gasteiger partial charge is 0.304 e. The number of hydrogen-bond acceptors (Lipinski definition) is 3. The number of terminal acetylenes is 1. The third-order valence-electron chi connectivity index (χ3n) is 1.92. The second kappa shape index (κ2) is 3.22. The Morgan fingerprint density at radius 2 is 1.75 bits per heavy atom. The van der Waals surface area contributed by atoms with Gasteiger partial charge in [-0.3, -0.25) is 4.57 Å². The highest BCUT2D eigenvalue weighted by atomic mass is 31.2. The summed E-state index contributed by atoms with van der Waals surface area (Å²) in [5.41, 5.74) is 0. The molecule has 1 aliphatic rings. The van der Waals surface area contributed by atoms with Crippen LogP contribution in [0.1, 0.15) is 13.8 Å². The summed E-state index contributed by atoms with van der Waals surface area (Å²) in [5, 5.41) is 0. The molecule has 68 valence electrons. The molecule has 0 aromatic rings. The minimum Gasteiger partial charge on any atom is -0.304 e. The maximum Gasteiger partial charge on any atom is 0.328 e. The van der Waals surface area contributed by atoms with E-state index in [0.717, 1.165) is 0 Å². The molecular weight excluding hydrogens is 175 g/mol. The molecule has 1 heterocycles. The normalized spacial score (nSPS) is 48.3. The van der Waals surface area contributed by atoms with Crippen molar-refractivity contribution in [2.24, 2.45) is 5.92 Å². The maximum absolute atomic E-state index is 11.4. The molecule has 0 aromatic heterocycles. The molecule has 1 fully saturated rings. The number of rotatable bonds is 0. The second-order valence-corrected chi connectivity index (χ2v) is 5.05. The van der Waals surface area contributed by atoms with E-state index in [4.69, 9.17) is 15.5 Å². The van der Waals surface area contributed by atoms with Crippen LogP contribution in [0.25, 0.3) is 0 Å². The van der Waals surface area contributed by atoms with Gasteiger partial charge in [0, 0.05) is 6.66 Å². The van der Waals surface area contributed by atoms with Crippen LogP contribution in [0.15, 0.2) is 0 Å². The lowest BCUT2D eigenvalue weighted by atomic mass is 9.99. The van der Waals surface area contributed by atoms with Crippen molar-refractivity contribution < 1.29 is 13.6 Å². The van der Waals surface area contributed by atoms with E-state index in [0.29, 0.717) is 0 Å². The molecule has 0 bridgehead atoms. The van der Waals surface area contributed by atoms with E-state index in [1.807, 2.05) is 13.8 Å². The third-order valence-corrected chi connectivity index (χ3v) is 3.35. The van der Waals surface area contributed by atoms with Crippen molar-refractivity contribution in [3.63, 3.8) is 0 Å². The van der Waals surface area contributed by atoms with Crippen LogP contribution in [0, 0.1) is 18.3 Å². The monoisotopic (exact) mass is 188 g/mol. The molecule has 0 amide bonds. The Labute approximate surface area is 73.0 Å². The van der Waals surface area contributed by atoms with Crippen LogP contribution < -0.4 is 0 Å². The van der Waals surface area contributed by atoms with Gasteiger partial charge in [-0.1, -0.05) is 5.92 Å². The van der Waals surface area contributed by atoms with Crippen LogP contribution in [0.4, 0.5) is 0 Å². The standard InChI is InChI=1S/C8H13O3P/c1-5-8-6(2)10-12(4,9)11-7(8)3/h1,6-8H,2-4H3. The molecule has 0 spiro atoms. The van der Waals surface area contributed by atoms with Crippen LogP contribution >= 0.6 is 7.60 Å². The Kier molecular flexibility index (Phi) is 2.63. The van der Waals surface area contributed by atoms with Gasteiger partial charge in [0.05, 0.1) is 18.1 Å². The van der Waals surface area contributed by atoms with Crippen molar-refractivity contribution in [3.05, 3.63) is 0 Å². The van der Waals surface area contributed by atoms with Crippen LogP contribution in [-0.2, 0) is 13.6 Å². The molecule has 0 aliphatic carbocycles. The summed E-state index contributed by atoms with van der Waals surface area (Å²) in [6, 6.07) is 0. The molecule has 12 heavy (non-hydrogen) atoms. The first-order valence-corrected chi connectivity index (χ1v) is 5.85. The molecule has 1 saturated heterocycles. The SMILES string of the molecule is C#CC1C(C)OP(C)(=O)OC1C. The third kappa shape index (κ3) is 1.90. The molecule has 1 aliphatic heterocycles. The van der Waals surface area contributed by atoms with Crippen LogP contribution in [0.5, 0.6) is 0 Å². The highest BCUT2D eigenvalue weighted by molar-refractivity contribution is 7.53. The van der Waals surface area contributed by atoms with Crippen LogP contribution in [0.2, 0.25) is 0 Å². The first-order valence-electron chi connectivity index (χ1n) is 3.87. The average Bonchev–Trinajstić information content (AvgIpc) is 1.82. The van der Waals surface area contributed by atoms with Gasteiger partial charge in [-0.15, -0.1) is 6.42 Å². The van der Waals surface area contributed by atoms with Crippen molar-refractivity contribution >= 4 is 7.60 Å². The summed E-state index contributed by atoms with van der Waals surface area (Å²) in [5.74, 6) is 2.47. The van der Waals surface area contributed by atoms with Gasteiger partial charge in [0.1, 0.15) is 0 Å². The molecule has 0 radical (unpaired) electrons. The van der Waals surface area contributed by atoms with Crippen LogP contribution in [-0.4, -0.2) is 18.9 Å². The Hall–Kier alpha value is -0.290. The highest BCUT2D eigenvalue weighted by Crippen LogP contribution is 2.52. The van der Waals surface area contributed by atoms with Crippen molar-refractivity contribution in [3.8, 4) is 12.3 Å². The Bertz CT molecular complexity index is 240. The summed E-state index contributed by atoms with van der Waals surface area (Å²) in [6.07, 6.45) is 4.90. The molecule has 0 N–H and O–H groups in total. The summed E-state index contributed by atoms with van der Waals surface area (Å²) in [7, 11) is -2.84. The molecule has 0 saturated carbocycles. The predicted octanol–water partition coefficient (Wildman–Crippen LogP) is 1.88. The van der Waals surface area contributed by atoms with Gasteiger partial charge in [0.25, 0.3) is 0 Å². The lowest BCUT2D eigenvalue weighted by Crippen LogP contribution is -2.34. The van der Waals surface area contributed by atoms with Crippen molar-refractivity contribution in [1.29, 1.82) is 0 Å². The van der Waals surface area contributed by atoms with Gasteiger partial charge in [0.15, 0.2) is 0 Å². The average molecular weight is 188 g/mol. The van der Waals surface area contributed by atoms with Gasteiger partial charge >= 0.3 is 7.60 Å². The Balaban J connectivity index is 2.79. The molecule has 0 aromatic carbocycles. The molecule has 2 atom stereocenters. The molecule has 3 nitrogen and oxygen atoms in total. The second-order valence-electron chi connectivity index (χ2n) is 3.08. The van der Waals surface area contributed by atoms with E-state index < -0.39 is 7.60 Å². The largest absolute Gasteiger partial charge is 0.328 e. The van der Waals surface area contributed by atoms with E-state index in [2.05, 4.69) is 5.92 Å². The highest BCUT2D eigenvalue weighted by Gasteiger charge is 2.37. The van der Waals surface area contributed by atoms with E-state index in [1.165, 1.54) is 6.66 Å². The zero-order chi connectivity index (χ0) is 9.35. The van der Waals surface area contributed by atoms with Gasteiger partial charge in [-0.05, 0) is 13.8 Å². The minimum atomic E-state index is -2.84. The van der Waals surface area contributed by atoms with Crippen LogP contribution in [0.3, 0.4) is 0 Å². The lowest BCUT2D eigenvalue weighted by Gasteiger charge is -2.34. The maximum atomic E-state index is 11.4. The van der Waals surface area contributed by atoms with E-state index in [1.54, 1.807) is 0 Å². The van der Waals surface area contributed by atoms with E-state index in [9.17, 15) is 4.57 Å². The van der Waals surface area contributed by atoms with E-state index >= 15 is 0 Å². The predicted molar refractivity (Wildman–Crippen MR) is 46.9 cm³/mol. The Morgan fingerprint density at radius 3 is 2.08 bits per heavy atom. The lowest BCUT2D eigenvalue weighted by molar-refractivity contribution is 0.0183. The zero-order valence-electron chi connectivity index (χ0n) is 7.48. The first-order chi connectivity index (χ1) is 5.46. The summed E-state index contributed by atoms with van der Waals surface area (Å²) in [4.78, 5) is 0. The quantitative estimate of drug-likeness (QED) is 0.430. The topological polar surface area (TPSA) is 35.5 Å². The fourth-order valence-corrected chi connectivity index (χ4v) is 2.93. The van der Waals surface area contributed by atoms with Gasteiger partial charge in [-0.25, -0.2) is 0 Å². The molecule has 4 heteroatoms. The molecular formula is C8H13O3P. The molecule has 2 unspecified atom stereocenters.